The lowest BCUT2D eigenvalue weighted by Gasteiger charge is -2.11. The summed E-state index contributed by atoms with van der Waals surface area (Å²) in [4.78, 5) is 29.1. The second kappa shape index (κ2) is 8.52. The van der Waals surface area contributed by atoms with Crippen LogP contribution in [0.15, 0.2) is 76.0 Å². The topological polar surface area (TPSA) is 103 Å². The molecule has 30 heavy (non-hydrogen) atoms. The maximum Gasteiger partial charge on any atom is 0.364 e. The molecule has 150 valence electrons. The number of hydrogen-bond acceptors (Lipinski definition) is 6. The number of anilines is 1. The summed E-state index contributed by atoms with van der Waals surface area (Å²) in [7, 11) is 0. The molecule has 0 aliphatic heterocycles. The van der Waals surface area contributed by atoms with Gasteiger partial charge in [-0.15, -0.1) is 0 Å². The molecule has 0 saturated heterocycles. The van der Waals surface area contributed by atoms with E-state index < -0.39 is 5.69 Å². The van der Waals surface area contributed by atoms with E-state index in [2.05, 4.69) is 20.6 Å². The second-order valence-electron chi connectivity index (χ2n) is 6.67. The summed E-state index contributed by atoms with van der Waals surface area (Å²) >= 11 is 0. The first-order chi connectivity index (χ1) is 14.6. The third-order valence-corrected chi connectivity index (χ3v) is 4.41. The molecular weight excluding hydrogens is 382 g/mol. The van der Waals surface area contributed by atoms with E-state index in [0.717, 1.165) is 11.1 Å². The summed E-state index contributed by atoms with van der Waals surface area (Å²) in [6, 6.07) is 20.6. The van der Waals surface area contributed by atoms with Gasteiger partial charge >= 0.3 is 5.69 Å². The van der Waals surface area contributed by atoms with E-state index in [0.29, 0.717) is 23.0 Å². The standard InChI is InChI=1S/C22H19N5O3/c1-15-14-18(26-30-15)23-19(28)12-13-27-22(29)24-20(16-8-4-2-5-9-16)21(25-27)17-10-6-3-7-11-17/h2-11,14H,12-13H2,1H3,(H,23,26,28). The second-order valence-corrected chi connectivity index (χ2v) is 6.67. The zero-order valence-corrected chi connectivity index (χ0v) is 16.3. The molecule has 1 N–H and O–H groups in total. The van der Waals surface area contributed by atoms with Crippen LogP contribution in [0.25, 0.3) is 22.5 Å². The minimum Gasteiger partial charge on any atom is -0.360 e. The maximum atomic E-state index is 12.6. The van der Waals surface area contributed by atoms with Crippen LogP contribution in [0.5, 0.6) is 0 Å². The molecule has 0 saturated carbocycles. The Morgan fingerprint density at radius 1 is 1.00 bits per heavy atom. The summed E-state index contributed by atoms with van der Waals surface area (Å²) in [6.07, 6.45) is 0.0411. The van der Waals surface area contributed by atoms with Crippen LogP contribution in [0, 0.1) is 6.92 Å². The molecule has 0 fully saturated rings. The Kier molecular flexibility index (Phi) is 5.47. The Balaban J connectivity index is 1.62. The van der Waals surface area contributed by atoms with Crippen molar-refractivity contribution in [2.45, 2.75) is 19.9 Å². The van der Waals surface area contributed by atoms with Crippen LogP contribution in [0.2, 0.25) is 0 Å². The molecule has 4 aromatic rings. The van der Waals surface area contributed by atoms with Gasteiger partial charge in [0.2, 0.25) is 5.91 Å². The third-order valence-electron chi connectivity index (χ3n) is 4.41. The molecule has 1 amide bonds. The average molecular weight is 401 g/mol. The Morgan fingerprint density at radius 3 is 2.23 bits per heavy atom. The SMILES string of the molecule is Cc1cc(NC(=O)CCn2nc(-c3ccccc3)c(-c3ccccc3)nc2=O)no1. The van der Waals surface area contributed by atoms with Gasteiger partial charge in [0.05, 0.1) is 6.54 Å². The number of hydrogen-bond donors (Lipinski definition) is 1. The number of carbonyl (C=O) groups excluding carboxylic acids is 1. The van der Waals surface area contributed by atoms with E-state index in [9.17, 15) is 9.59 Å². The molecule has 4 rings (SSSR count). The number of rotatable bonds is 6. The van der Waals surface area contributed by atoms with Crippen LogP contribution < -0.4 is 11.0 Å². The molecule has 0 radical (unpaired) electrons. The van der Waals surface area contributed by atoms with Crippen LogP contribution in [-0.4, -0.2) is 25.8 Å². The number of nitrogens with one attached hydrogen (secondary N) is 1. The molecule has 2 aromatic heterocycles. The normalized spacial score (nSPS) is 10.7. The minimum atomic E-state index is -0.515. The number of carbonyl (C=O) groups is 1. The highest BCUT2D eigenvalue weighted by molar-refractivity contribution is 5.89. The van der Waals surface area contributed by atoms with Crippen LogP contribution >= 0.6 is 0 Å². The van der Waals surface area contributed by atoms with Crippen LogP contribution in [0.4, 0.5) is 5.82 Å². The fourth-order valence-corrected chi connectivity index (χ4v) is 2.99. The molecule has 0 bridgehead atoms. The van der Waals surface area contributed by atoms with Crippen molar-refractivity contribution in [3.05, 3.63) is 83.0 Å². The van der Waals surface area contributed by atoms with Gasteiger partial charge in [-0.2, -0.15) is 10.1 Å². The first-order valence-corrected chi connectivity index (χ1v) is 9.43. The predicted octanol–water partition coefficient (Wildman–Crippen LogP) is 3.30. The highest BCUT2D eigenvalue weighted by atomic mass is 16.5. The summed E-state index contributed by atoms with van der Waals surface area (Å²) in [5.41, 5.74) is 2.20. The summed E-state index contributed by atoms with van der Waals surface area (Å²) in [5, 5.41) is 10.9. The number of benzene rings is 2. The van der Waals surface area contributed by atoms with Gasteiger partial charge < -0.3 is 9.84 Å². The first kappa shape index (κ1) is 19.3. The lowest BCUT2D eigenvalue weighted by Crippen LogP contribution is -2.29. The van der Waals surface area contributed by atoms with Crippen molar-refractivity contribution in [3.63, 3.8) is 0 Å². The van der Waals surface area contributed by atoms with Crippen molar-refractivity contribution >= 4 is 11.7 Å². The van der Waals surface area contributed by atoms with Gasteiger partial charge in [0.25, 0.3) is 0 Å². The van der Waals surface area contributed by atoms with Crippen molar-refractivity contribution in [1.29, 1.82) is 0 Å². The molecule has 8 nitrogen and oxygen atoms in total. The van der Waals surface area contributed by atoms with Crippen molar-refractivity contribution in [2.75, 3.05) is 5.32 Å². The van der Waals surface area contributed by atoms with Gasteiger partial charge in [0, 0.05) is 23.6 Å². The summed E-state index contributed by atoms with van der Waals surface area (Å²) in [6.45, 7) is 1.82. The molecule has 0 aliphatic rings. The fourth-order valence-electron chi connectivity index (χ4n) is 2.99. The Morgan fingerprint density at radius 2 is 1.63 bits per heavy atom. The third kappa shape index (κ3) is 4.33. The van der Waals surface area contributed by atoms with Gasteiger partial charge in [0.15, 0.2) is 5.82 Å². The smallest absolute Gasteiger partial charge is 0.360 e. The minimum absolute atomic E-state index is 0.0411. The number of amides is 1. The molecule has 2 heterocycles. The number of aromatic nitrogens is 4. The highest BCUT2D eigenvalue weighted by Gasteiger charge is 2.15. The largest absolute Gasteiger partial charge is 0.364 e. The Bertz CT molecular complexity index is 1220. The average Bonchev–Trinajstić information content (AvgIpc) is 3.18. The van der Waals surface area contributed by atoms with Gasteiger partial charge in [-0.05, 0) is 6.92 Å². The summed E-state index contributed by atoms with van der Waals surface area (Å²) < 4.78 is 6.14. The van der Waals surface area contributed by atoms with Crippen molar-refractivity contribution in [3.8, 4) is 22.5 Å². The quantitative estimate of drug-likeness (QED) is 0.532. The predicted molar refractivity (Wildman–Crippen MR) is 112 cm³/mol. The Hall–Kier alpha value is -4.07. The number of aryl methyl sites for hydroxylation is 2. The maximum absolute atomic E-state index is 12.6. The van der Waals surface area contributed by atoms with E-state index in [-0.39, 0.29) is 18.9 Å². The van der Waals surface area contributed by atoms with Gasteiger partial charge in [0.1, 0.15) is 17.1 Å². The van der Waals surface area contributed by atoms with Crippen LogP contribution in [0.1, 0.15) is 12.2 Å². The van der Waals surface area contributed by atoms with Crippen LogP contribution in [-0.2, 0) is 11.3 Å². The van der Waals surface area contributed by atoms with Crippen molar-refractivity contribution in [1.82, 2.24) is 19.9 Å². The molecule has 0 atom stereocenters. The van der Waals surface area contributed by atoms with Gasteiger partial charge in [-0.1, -0.05) is 65.8 Å². The zero-order valence-electron chi connectivity index (χ0n) is 16.3. The van der Waals surface area contributed by atoms with Gasteiger partial charge in [-0.3, -0.25) is 4.79 Å². The molecular formula is C22H19N5O3. The van der Waals surface area contributed by atoms with Crippen molar-refractivity contribution < 1.29 is 9.32 Å². The number of nitrogens with zero attached hydrogens (tertiary/aromatic N) is 4. The molecule has 0 unspecified atom stereocenters. The fraction of sp³-hybridized carbons (Fsp3) is 0.136. The monoisotopic (exact) mass is 401 g/mol. The molecule has 2 aromatic carbocycles. The summed E-state index contributed by atoms with van der Waals surface area (Å²) in [5.74, 6) is 0.627. The molecule has 0 spiro atoms. The zero-order chi connectivity index (χ0) is 20.9. The van der Waals surface area contributed by atoms with Crippen LogP contribution in [0.3, 0.4) is 0 Å². The van der Waals surface area contributed by atoms with Crippen molar-refractivity contribution in [2.24, 2.45) is 0 Å². The van der Waals surface area contributed by atoms with E-state index >= 15 is 0 Å². The lowest BCUT2D eigenvalue weighted by molar-refractivity contribution is -0.116. The van der Waals surface area contributed by atoms with Gasteiger partial charge in [-0.25, -0.2) is 9.48 Å². The van der Waals surface area contributed by atoms with E-state index in [4.69, 9.17) is 4.52 Å². The molecule has 8 heteroatoms. The first-order valence-electron chi connectivity index (χ1n) is 9.43. The molecule has 0 aliphatic carbocycles. The Labute approximate surface area is 172 Å². The highest BCUT2D eigenvalue weighted by Crippen LogP contribution is 2.27. The van der Waals surface area contributed by atoms with E-state index in [1.165, 1.54) is 4.68 Å². The lowest BCUT2D eigenvalue weighted by atomic mass is 10.0. The van der Waals surface area contributed by atoms with E-state index in [1.807, 2.05) is 60.7 Å². The van der Waals surface area contributed by atoms with E-state index in [1.54, 1.807) is 13.0 Å².